The average molecular weight is 841 g/mol. The van der Waals surface area contributed by atoms with E-state index in [1.165, 1.54) is 6.08 Å². The van der Waals surface area contributed by atoms with Crippen molar-refractivity contribution in [1.29, 1.82) is 0 Å². The molecule has 3 aliphatic heterocycles. The van der Waals surface area contributed by atoms with Gasteiger partial charge in [-0.2, -0.15) is 13.2 Å². The summed E-state index contributed by atoms with van der Waals surface area (Å²) in [6.45, 7) is 20.5. The SMILES string of the molecule is Cc1cc(C)c(C(=O)O)c(/C=C/C[C@@H]2OC(C)(C)O[C@@H]2C(C)/C=C\C[C@H](C)O)c1.Cc1cc(C)c2c(c1)/C=C/C[C@@H]1OC(C)(C)O[C@@H]1C(C)/C=C\C[C@H](C(F)(F)F)OC2=O. The lowest BCUT2D eigenvalue weighted by molar-refractivity contribution is -0.203. The van der Waals surface area contributed by atoms with E-state index in [1.54, 1.807) is 38.1 Å². The van der Waals surface area contributed by atoms with Gasteiger partial charge < -0.3 is 33.9 Å². The van der Waals surface area contributed by atoms with Crippen LogP contribution in [-0.4, -0.2) is 76.5 Å². The van der Waals surface area contributed by atoms with Crippen LogP contribution in [0.5, 0.6) is 0 Å². The van der Waals surface area contributed by atoms with Gasteiger partial charge in [-0.05, 0) is 104 Å². The smallest absolute Gasteiger partial charge is 0.425 e. The molecule has 2 aromatic rings. The Morgan fingerprint density at radius 1 is 0.900 bits per heavy atom. The number of benzene rings is 2. The molecule has 0 aliphatic carbocycles. The molecule has 2 N–H and O–H groups in total. The molecule has 2 unspecified atom stereocenters. The molecular weight excluding hydrogens is 778 g/mol. The predicted molar refractivity (Wildman–Crippen MR) is 227 cm³/mol. The molecule has 5 rings (SSSR count). The zero-order valence-electron chi connectivity index (χ0n) is 36.8. The standard InChI is InChI=1S/C24H29F3O4.C24H34O5/c1-14-12-16(3)20-17(13-14)9-7-10-18-21(31-23(4,5)30-18)15(2)8-6-11-19(24(25,26)27)29-22(20)28;1-15-13-17(3)21(23(26)27)19(14-15)11-8-12-20-22(29-24(5,6)28-20)16(2)9-7-10-18(4)25/h6-9,12-13,15,18-19,21H,10-11H2,1-5H3;7-9,11,13-14,16,18,20,22,25H,10,12H2,1-6H3,(H,26,27)/b8-6-,9-7+;9-7-,11-8+/t15?,18-,19+,21+;16?,18-,20-,22+/m00/s1. The maximum absolute atomic E-state index is 13.6. The number of ether oxygens (including phenoxy) is 5. The number of hydrogen-bond acceptors (Lipinski definition) is 8. The Kier molecular flexibility index (Phi) is 16.4. The summed E-state index contributed by atoms with van der Waals surface area (Å²) in [5.74, 6) is -3.38. The second-order valence-electron chi connectivity index (χ2n) is 17.3. The summed E-state index contributed by atoms with van der Waals surface area (Å²) in [6, 6.07) is 7.30. The second kappa shape index (κ2) is 20.2. The lowest BCUT2D eigenvalue weighted by atomic mass is 9.95. The number of aryl methyl sites for hydroxylation is 4. The number of carboxylic acids is 1. The van der Waals surface area contributed by atoms with Gasteiger partial charge in [0.2, 0.25) is 6.10 Å². The highest BCUT2D eigenvalue weighted by molar-refractivity contribution is 5.95. The van der Waals surface area contributed by atoms with Crippen LogP contribution in [0.25, 0.3) is 12.2 Å². The maximum Gasteiger partial charge on any atom is 0.425 e. The Morgan fingerprint density at radius 2 is 1.55 bits per heavy atom. The number of fused-ring (bicyclic) bond motifs is 2. The Balaban J connectivity index is 0.000000265. The first-order chi connectivity index (χ1) is 27.9. The number of carbonyl (C=O) groups excluding carboxylic acids is 1. The summed E-state index contributed by atoms with van der Waals surface area (Å²) in [5, 5.41) is 19.0. The van der Waals surface area contributed by atoms with Gasteiger partial charge in [-0.3, -0.25) is 0 Å². The normalized spacial score (nSPS) is 27.6. The van der Waals surface area contributed by atoms with Crippen LogP contribution in [0.1, 0.15) is 128 Å². The monoisotopic (exact) mass is 840 g/mol. The van der Waals surface area contributed by atoms with Gasteiger partial charge in [-0.25, -0.2) is 9.59 Å². The van der Waals surface area contributed by atoms with Gasteiger partial charge >= 0.3 is 18.1 Å². The highest BCUT2D eigenvalue weighted by atomic mass is 19.4. The van der Waals surface area contributed by atoms with E-state index in [0.717, 1.165) is 16.7 Å². The van der Waals surface area contributed by atoms with Crippen molar-refractivity contribution >= 4 is 24.1 Å². The molecule has 9 nitrogen and oxygen atoms in total. The van der Waals surface area contributed by atoms with Crippen LogP contribution in [-0.2, 0) is 23.7 Å². The maximum atomic E-state index is 13.6. The number of aromatic carboxylic acids is 1. The minimum atomic E-state index is -4.67. The van der Waals surface area contributed by atoms with E-state index in [4.69, 9.17) is 23.7 Å². The van der Waals surface area contributed by atoms with Crippen LogP contribution < -0.4 is 0 Å². The van der Waals surface area contributed by atoms with Gasteiger partial charge in [0.05, 0.1) is 41.6 Å². The third-order valence-corrected chi connectivity index (χ3v) is 10.6. The van der Waals surface area contributed by atoms with E-state index in [1.807, 2.05) is 91.8 Å². The van der Waals surface area contributed by atoms with Gasteiger partial charge in [-0.15, -0.1) is 0 Å². The fourth-order valence-corrected chi connectivity index (χ4v) is 8.04. The summed E-state index contributed by atoms with van der Waals surface area (Å²) in [6.07, 6.45) is 7.81. The fourth-order valence-electron chi connectivity index (χ4n) is 8.04. The molecule has 2 aromatic carbocycles. The van der Waals surface area contributed by atoms with Gasteiger partial charge in [0.1, 0.15) is 0 Å². The Labute approximate surface area is 353 Å². The molecule has 0 radical (unpaired) electrons. The molecule has 3 aliphatic rings. The third kappa shape index (κ3) is 13.5. The topological polar surface area (TPSA) is 121 Å². The van der Waals surface area contributed by atoms with Crippen molar-refractivity contribution in [2.75, 3.05) is 0 Å². The van der Waals surface area contributed by atoms with E-state index in [9.17, 15) is 33.0 Å². The molecule has 0 spiro atoms. The minimum absolute atomic E-state index is 0.113. The lowest BCUT2D eigenvalue weighted by Gasteiger charge is -2.23. The largest absolute Gasteiger partial charge is 0.478 e. The summed E-state index contributed by atoms with van der Waals surface area (Å²) in [7, 11) is 0. The minimum Gasteiger partial charge on any atom is -0.478 e. The van der Waals surface area contributed by atoms with E-state index < -0.39 is 42.2 Å². The number of cyclic esters (lactones) is 1. The molecule has 2 saturated heterocycles. The molecule has 330 valence electrons. The zero-order chi connectivity index (χ0) is 44.7. The summed E-state index contributed by atoms with van der Waals surface area (Å²) < 4.78 is 70.0. The van der Waals surface area contributed by atoms with Gasteiger partial charge in [0.25, 0.3) is 0 Å². The highest BCUT2D eigenvalue weighted by Gasteiger charge is 2.45. The van der Waals surface area contributed by atoms with Crippen molar-refractivity contribution in [1.82, 2.24) is 0 Å². The zero-order valence-corrected chi connectivity index (χ0v) is 36.8. The van der Waals surface area contributed by atoms with E-state index >= 15 is 0 Å². The molecule has 60 heavy (non-hydrogen) atoms. The molecule has 2 fully saturated rings. The highest BCUT2D eigenvalue weighted by Crippen LogP contribution is 2.37. The summed E-state index contributed by atoms with van der Waals surface area (Å²) >= 11 is 0. The average Bonchev–Trinajstić information content (AvgIpc) is 3.59. The van der Waals surface area contributed by atoms with Crippen LogP contribution in [0, 0.1) is 39.5 Å². The predicted octanol–water partition coefficient (Wildman–Crippen LogP) is 10.8. The first-order valence-corrected chi connectivity index (χ1v) is 20.7. The van der Waals surface area contributed by atoms with Crippen LogP contribution in [0.4, 0.5) is 13.2 Å². The number of rotatable bonds is 8. The number of alkyl halides is 3. The summed E-state index contributed by atoms with van der Waals surface area (Å²) in [4.78, 5) is 24.4. The molecular formula is C48H63F3O9. The molecule has 0 saturated carbocycles. The number of carboxylic acid groups (broad SMARTS) is 1. The Morgan fingerprint density at radius 3 is 2.20 bits per heavy atom. The lowest BCUT2D eigenvalue weighted by Crippen LogP contribution is -2.34. The molecule has 0 bridgehead atoms. The first kappa shape index (κ1) is 48.6. The fraction of sp³-hybridized carbons (Fsp3) is 0.542. The molecule has 0 aromatic heterocycles. The van der Waals surface area contributed by atoms with Crippen LogP contribution >= 0.6 is 0 Å². The molecule has 3 heterocycles. The van der Waals surface area contributed by atoms with Crippen molar-refractivity contribution < 1.29 is 56.7 Å². The number of hydrogen-bond donors (Lipinski definition) is 2. The number of aliphatic hydroxyl groups is 1. The van der Waals surface area contributed by atoms with E-state index in [0.29, 0.717) is 41.5 Å². The van der Waals surface area contributed by atoms with Crippen molar-refractivity contribution in [3.05, 3.63) is 105 Å². The van der Waals surface area contributed by atoms with Crippen molar-refractivity contribution in [2.45, 2.75) is 156 Å². The van der Waals surface area contributed by atoms with Crippen molar-refractivity contribution in [2.24, 2.45) is 11.8 Å². The van der Waals surface area contributed by atoms with Crippen LogP contribution in [0.15, 0.2) is 60.7 Å². The number of halogens is 3. The van der Waals surface area contributed by atoms with Crippen molar-refractivity contribution in [3.63, 3.8) is 0 Å². The molecule has 12 heteroatoms. The number of carbonyl (C=O) groups is 2. The third-order valence-electron chi connectivity index (χ3n) is 10.6. The Bertz CT molecular complexity index is 1940. The molecule has 8 atom stereocenters. The van der Waals surface area contributed by atoms with Gasteiger partial charge in [0, 0.05) is 18.3 Å². The molecule has 0 amide bonds. The second-order valence-corrected chi connectivity index (χ2v) is 17.3. The quantitative estimate of drug-likeness (QED) is 0.198. The first-order valence-electron chi connectivity index (χ1n) is 20.7. The Hall–Kier alpha value is -4.07. The number of esters is 1. The van der Waals surface area contributed by atoms with E-state index in [2.05, 4.69) is 13.0 Å². The van der Waals surface area contributed by atoms with E-state index in [-0.39, 0.29) is 47.9 Å². The van der Waals surface area contributed by atoms with Crippen LogP contribution in [0.2, 0.25) is 0 Å². The van der Waals surface area contributed by atoms with Gasteiger partial charge in [-0.1, -0.05) is 97.8 Å². The van der Waals surface area contributed by atoms with Crippen LogP contribution in [0.3, 0.4) is 0 Å². The number of aliphatic hydroxyl groups excluding tert-OH is 1. The van der Waals surface area contributed by atoms with Crippen molar-refractivity contribution in [3.8, 4) is 0 Å². The van der Waals surface area contributed by atoms with Gasteiger partial charge in [0.15, 0.2) is 11.6 Å². The summed E-state index contributed by atoms with van der Waals surface area (Å²) in [5.41, 5.74) is 4.97.